The zero-order chi connectivity index (χ0) is 18.4. The molecule has 0 aliphatic carbocycles. The van der Waals surface area contributed by atoms with E-state index in [1.807, 2.05) is 6.92 Å². The molecule has 1 fully saturated rings. The van der Waals surface area contributed by atoms with E-state index in [1.165, 1.54) is 12.1 Å². The molecule has 25 heavy (non-hydrogen) atoms. The van der Waals surface area contributed by atoms with E-state index >= 15 is 0 Å². The van der Waals surface area contributed by atoms with Gasteiger partial charge < -0.3 is 10.2 Å². The number of benzene rings is 1. The van der Waals surface area contributed by atoms with Gasteiger partial charge in [-0.05, 0) is 30.7 Å². The smallest absolute Gasteiger partial charge is 0.242 e. The van der Waals surface area contributed by atoms with Gasteiger partial charge in [0.1, 0.15) is 6.04 Å². The van der Waals surface area contributed by atoms with Crippen molar-refractivity contribution >= 4 is 37.8 Å². The van der Waals surface area contributed by atoms with Crippen LogP contribution in [0.25, 0.3) is 0 Å². The van der Waals surface area contributed by atoms with Crippen molar-refractivity contribution in [3.8, 4) is 0 Å². The number of sulfonamides is 1. The summed E-state index contributed by atoms with van der Waals surface area (Å²) in [7, 11) is -3.66. The monoisotopic (exact) mass is 431 g/mol. The quantitative estimate of drug-likeness (QED) is 0.678. The maximum atomic E-state index is 12.4. The van der Waals surface area contributed by atoms with Gasteiger partial charge in [-0.2, -0.15) is 0 Å². The second-order valence-electron chi connectivity index (χ2n) is 5.78. The van der Waals surface area contributed by atoms with Crippen molar-refractivity contribution in [1.82, 2.24) is 14.9 Å². The number of piperazine rings is 1. The minimum absolute atomic E-state index is 0.00576. The van der Waals surface area contributed by atoms with Crippen molar-refractivity contribution in [3.63, 3.8) is 0 Å². The van der Waals surface area contributed by atoms with Crippen LogP contribution < -0.4 is 10.0 Å². The Bertz CT molecular complexity index is 721. The number of carbonyl (C=O) groups is 2. The van der Waals surface area contributed by atoms with Gasteiger partial charge in [0.15, 0.2) is 0 Å². The number of nitrogens with one attached hydrogen (secondary N) is 2. The molecule has 1 aromatic rings. The Labute approximate surface area is 156 Å². The predicted molar refractivity (Wildman–Crippen MR) is 97.4 cm³/mol. The van der Waals surface area contributed by atoms with Gasteiger partial charge in [-0.1, -0.05) is 29.3 Å². The Balaban J connectivity index is 1.92. The number of rotatable bonds is 7. The van der Waals surface area contributed by atoms with Crippen LogP contribution in [0.5, 0.6) is 0 Å². The van der Waals surface area contributed by atoms with Crippen LogP contribution in [-0.2, 0) is 19.6 Å². The first-order chi connectivity index (χ1) is 11.8. The molecule has 1 unspecified atom stereocenters. The lowest BCUT2D eigenvalue weighted by atomic mass is 10.1. The van der Waals surface area contributed by atoms with E-state index < -0.39 is 16.1 Å². The molecule has 0 saturated carbocycles. The van der Waals surface area contributed by atoms with Gasteiger partial charge in [0.25, 0.3) is 0 Å². The molecule has 0 aromatic heterocycles. The Morgan fingerprint density at radius 1 is 1.36 bits per heavy atom. The average Bonchev–Trinajstić information content (AvgIpc) is 2.57. The first-order valence-electron chi connectivity index (χ1n) is 8.17. The average molecular weight is 432 g/mol. The highest BCUT2D eigenvalue weighted by Gasteiger charge is 2.31. The molecule has 1 aliphatic heterocycles. The Morgan fingerprint density at radius 3 is 2.68 bits per heavy atom. The van der Waals surface area contributed by atoms with Crippen LogP contribution in [0.3, 0.4) is 0 Å². The highest BCUT2D eigenvalue weighted by molar-refractivity contribution is 9.10. The highest BCUT2D eigenvalue weighted by atomic mass is 79.9. The molecule has 1 aliphatic rings. The molecular weight excluding hydrogens is 410 g/mol. The van der Waals surface area contributed by atoms with Crippen molar-refractivity contribution in [2.45, 2.75) is 37.1 Å². The number of nitrogens with zero attached hydrogens (tertiary/aromatic N) is 1. The van der Waals surface area contributed by atoms with Crippen LogP contribution in [-0.4, -0.2) is 50.8 Å². The van der Waals surface area contributed by atoms with E-state index in [0.29, 0.717) is 19.5 Å². The summed E-state index contributed by atoms with van der Waals surface area (Å²) in [6.45, 7) is 2.83. The fourth-order valence-electron chi connectivity index (χ4n) is 2.71. The third-order valence-corrected chi connectivity index (χ3v) is 5.97. The molecule has 1 aromatic carbocycles. The summed E-state index contributed by atoms with van der Waals surface area (Å²) >= 11 is 3.25. The SMILES string of the molecule is CCCC1C(=O)NCCN1C(=O)CCNS(=O)(=O)c1ccc(Br)cc1. The van der Waals surface area contributed by atoms with Crippen LogP contribution in [0.4, 0.5) is 0 Å². The molecule has 1 atom stereocenters. The number of hydrogen-bond acceptors (Lipinski definition) is 4. The maximum Gasteiger partial charge on any atom is 0.242 e. The molecule has 2 amide bonds. The largest absolute Gasteiger partial charge is 0.353 e. The number of hydrogen-bond donors (Lipinski definition) is 2. The predicted octanol–water partition coefficient (Wildman–Crippen LogP) is 1.24. The topological polar surface area (TPSA) is 95.6 Å². The van der Waals surface area contributed by atoms with Gasteiger partial charge in [-0.25, -0.2) is 13.1 Å². The maximum absolute atomic E-state index is 12.4. The van der Waals surface area contributed by atoms with Gasteiger partial charge in [0, 0.05) is 30.5 Å². The Hall–Kier alpha value is -1.45. The zero-order valence-corrected chi connectivity index (χ0v) is 16.4. The van der Waals surface area contributed by atoms with Crippen molar-refractivity contribution in [3.05, 3.63) is 28.7 Å². The fourth-order valence-corrected chi connectivity index (χ4v) is 4.00. The summed E-state index contributed by atoms with van der Waals surface area (Å²) in [4.78, 5) is 26.0. The number of carbonyl (C=O) groups excluding carboxylic acids is 2. The van der Waals surface area contributed by atoms with Crippen molar-refractivity contribution < 1.29 is 18.0 Å². The van der Waals surface area contributed by atoms with Gasteiger partial charge >= 0.3 is 0 Å². The lowest BCUT2D eigenvalue weighted by molar-refractivity contribution is -0.143. The third-order valence-electron chi connectivity index (χ3n) is 3.97. The highest BCUT2D eigenvalue weighted by Crippen LogP contribution is 2.15. The van der Waals surface area contributed by atoms with E-state index in [4.69, 9.17) is 0 Å². The fraction of sp³-hybridized carbons (Fsp3) is 0.500. The number of halogens is 1. The second-order valence-corrected chi connectivity index (χ2v) is 8.47. The molecule has 9 heteroatoms. The standard InChI is InChI=1S/C16H22BrN3O4S/c1-2-3-14-16(22)18-10-11-20(14)15(21)8-9-19-25(23,24)13-6-4-12(17)5-7-13/h4-7,14,19H,2-3,8-11H2,1H3,(H,18,22). The summed E-state index contributed by atoms with van der Waals surface area (Å²) in [6, 6.07) is 5.79. The lowest BCUT2D eigenvalue weighted by Crippen LogP contribution is -2.57. The second kappa shape index (κ2) is 8.77. The van der Waals surface area contributed by atoms with Gasteiger partial charge in [0.05, 0.1) is 4.90 Å². The summed E-state index contributed by atoms with van der Waals surface area (Å²) < 4.78 is 27.6. The van der Waals surface area contributed by atoms with E-state index in [0.717, 1.165) is 10.9 Å². The summed E-state index contributed by atoms with van der Waals surface area (Å²) in [5.41, 5.74) is 0. The molecule has 1 saturated heterocycles. The van der Waals surface area contributed by atoms with Crippen molar-refractivity contribution in [1.29, 1.82) is 0 Å². The molecule has 2 N–H and O–H groups in total. The Morgan fingerprint density at radius 2 is 2.04 bits per heavy atom. The van der Waals surface area contributed by atoms with E-state index in [9.17, 15) is 18.0 Å². The molecule has 0 bridgehead atoms. The third kappa shape index (κ3) is 5.26. The van der Waals surface area contributed by atoms with Crippen LogP contribution in [0.1, 0.15) is 26.2 Å². The lowest BCUT2D eigenvalue weighted by Gasteiger charge is -2.35. The zero-order valence-electron chi connectivity index (χ0n) is 14.0. The first-order valence-corrected chi connectivity index (χ1v) is 10.4. The van der Waals surface area contributed by atoms with Gasteiger partial charge in [0.2, 0.25) is 21.8 Å². The van der Waals surface area contributed by atoms with E-state index in [-0.39, 0.29) is 29.7 Å². The summed E-state index contributed by atoms with van der Waals surface area (Å²) in [6.07, 6.45) is 1.41. The molecule has 1 heterocycles. The van der Waals surface area contributed by atoms with Crippen molar-refractivity contribution in [2.75, 3.05) is 19.6 Å². The normalized spacial score (nSPS) is 18.1. The van der Waals surface area contributed by atoms with Crippen LogP contribution in [0, 0.1) is 0 Å². The van der Waals surface area contributed by atoms with Gasteiger partial charge in [-0.3, -0.25) is 9.59 Å². The number of amides is 2. The molecular formula is C16H22BrN3O4S. The van der Waals surface area contributed by atoms with E-state index in [1.54, 1.807) is 17.0 Å². The van der Waals surface area contributed by atoms with E-state index in [2.05, 4.69) is 26.0 Å². The van der Waals surface area contributed by atoms with Crippen molar-refractivity contribution in [2.24, 2.45) is 0 Å². The molecule has 138 valence electrons. The first kappa shape index (κ1) is 19.9. The van der Waals surface area contributed by atoms with Crippen LogP contribution in [0.2, 0.25) is 0 Å². The van der Waals surface area contributed by atoms with Crippen LogP contribution >= 0.6 is 15.9 Å². The molecule has 0 spiro atoms. The minimum atomic E-state index is -3.66. The van der Waals surface area contributed by atoms with Crippen LogP contribution in [0.15, 0.2) is 33.6 Å². The molecule has 0 radical (unpaired) electrons. The minimum Gasteiger partial charge on any atom is -0.353 e. The summed E-state index contributed by atoms with van der Waals surface area (Å²) in [5, 5.41) is 2.76. The summed E-state index contributed by atoms with van der Waals surface area (Å²) in [5.74, 6) is -0.358. The molecule has 7 nitrogen and oxygen atoms in total. The van der Waals surface area contributed by atoms with Gasteiger partial charge in [-0.15, -0.1) is 0 Å². The molecule has 2 rings (SSSR count). The Kier molecular flexibility index (Phi) is 6.97.